The quantitative estimate of drug-likeness (QED) is 0.636. The monoisotopic (exact) mass is 468 g/mol. The van der Waals surface area contributed by atoms with Gasteiger partial charge in [-0.2, -0.15) is 0 Å². The number of nitrogens with zero attached hydrogens (tertiary/aromatic N) is 2. The fourth-order valence-corrected chi connectivity index (χ4v) is 4.37. The minimum Gasteiger partial charge on any atom is -0.379 e. The molecule has 0 radical (unpaired) electrons. The molecule has 9 heteroatoms. The van der Waals surface area contributed by atoms with Crippen LogP contribution in [0.15, 0.2) is 42.5 Å². The number of halogens is 1. The minimum absolute atomic E-state index is 0.0549. The number of morpholine rings is 1. The highest BCUT2D eigenvalue weighted by atomic mass is 19.1. The summed E-state index contributed by atoms with van der Waals surface area (Å²) >= 11 is 0. The third-order valence-electron chi connectivity index (χ3n) is 6.23. The van der Waals surface area contributed by atoms with Crippen molar-refractivity contribution in [2.45, 2.75) is 25.8 Å². The lowest BCUT2D eigenvalue weighted by Crippen LogP contribution is -2.45. The lowest BCUT2D eigenvalue weighted by Gasteiger charge is -2.34. The van der Waals surface area contributed by atoms with Crippen molar-refractivity contribution in [3.8, 4) is 0 Å². The van der Waals surface area contributed by atoms with Gasteiger partial charge >= 0.3 is 11.8 Å². The van der Waals surface area contributed by atoms with Crippen molar-refractivity contribution in [2.75, 3.05) is 49.6 Å². The van der Waals surface area contributed by atoms with Crippen LogP contribution < -0.4 is 15.5 Å². The number of carbonyl (C=O) groups is 3. The Labute approximate surface area is 198 Å². The number of hydrogen-bond donors (Lipinski definition) is 2. The zero-order chi connectivity index (χ0) is 24.1. The van der Waals surface area contributed by atoms with E-state index in [4.69, 9.17) is 4.74 Å². The second-order valence-corrected chi connectivity index (χ2v) is 8.53. The van der Waals surface area contributed by atoms with Gasteiger partial charge in [0.15, 0.2) is 0 Å². The van der Waals surface area contributed by atoms with E-state index in [2.05, 4.69) is 15.5 Å². The maximum Gasteiger partial charge on any atom is 0.313 e. The van der Waals surface area contributed by atoms with Gasteiger partial charge in [0, 0.05) is 44.0 Å². The van der Waals surface area contributed by atoms with Gasteiger partial charge in [-0.25, -0.2) is 4.39 Å². The van der Waals surface area contributed by atoms with Crippen molar-refractivity contribution in [2.24, 2.45) is 0 Å². The van der Waals surface area contributed by atoms with Crippen LogP contribution in [0.4, 0.5) is 15.8 Å². The van der Waals surface area contributed by atoms with Crippen LogP contribution in [-0.2, 0) is 19.1 Å². The molecule has 4 rings (SSSR count). The van der Waals surface area contributed by atoms with Crippen molar-refractivity contribution >= 4 is 29.1 Å². The number of aryl methyl sites for hydroxylation is 1. The minimum atomic E-state index is -0.789. The Kier molecular flexibility index (Phi) is 7.54. The predicted octanol–water partition coefficient (Wildman–Crippen LogP) is 2.39. The number of ether oxygens (including phenoxy) is 1. The topological polar surface area (TPSA) is 91.0 Å². The summed E-state index contributed by atoms with van der Waals surface area (Å²) in [5.74, 6) is -1.83. The van der Waals surface area contributed by atoms with E-state index in [9.17, 15) is 18.8 Å². The van der Waals surface area contributed by atoms with Crippen LogP contribution in [0.5, 0.6) is 0 Å². The van der Waals surface area contributed by atoms with Crippen molar-refractivity contribution in [1.29, 1.82) is 0 Å². The highest BCUT2D eigenvalue weighted by Crippen LogP contribution is 2.28. The molecule has 0 bridgehead atoms. The molecule has 2 saturated heterocycles. The van der Waals surface area contributed by atoms with E-state index in [1.807, 2.05) is 13.0 Å². The first kappa shape index (κ1) is 23.8. The number of benzene rings is 2. The lowest BCUT2D eigenvalue weighted by molar-refractivity contribution is -0.136. The summed E-state index contributed by atoms with van der Waals surface area (Å²) in [7, 11) is 0. The number of hydrogen-bond acceptors (Lipinski definition) is 5. The zero-order valence-corrected chi connectivity index (χ0v) is 19.2. The Balaban J connectivity index is 1.40. The maximum absolute atomic E-state index is 13.4. The van der Waals surface area contributed by atoms with Crippen LogP contribution in [0, 0.1) is 12.7 Å². The van der Waals surface area contributed by atoms with Gasteiger partial charge in [-0.3, -0.25) is 19.3 Å². The predicted molar refractivity (Wildman–Crippen MR) is 126 cm³/mol. The number of anilines is 2. The van der Waals surface area contributed by atoms with Crippen LogP contribution in [0.1, 0.15) is 30.0 Å². The molecule has 3 amide bonds. The Bertz CT molecular complexity index is 1050. The summed E-state index contributed by atoms with van der Waals surface area (Å²) in [5, 5.41) is 5.34. The van der Waals surface area contributed by atoms with Crippen molar-refractivity contribution in [3.05, 3.63) is 59.4 Å². The first-order chi connectivity index (χ1) is 16.4. The molecule has 2 N–H and O–H groups in total. The van der Waals surface area contributed by atoms with Crippen LogP contribution in [-0.4, -0.2) is 62.0 Å². The molecule has 0 saturated carbocycles. The van der Waals surface area contributed by atoms with Crippen LogP contribution in [0.3, 0.4) is 0 Å². The molecule has 1 atom stereocenters. The molecular weight excluding hydrogens is 439 g/mol. The maximum atomic E-state index is 13.4. The number of amides is 3. The molecule has 2 heterocycles. The molecular formula is C25H29FN4O4. The van der Waals surface area contributed by atoms with Gasteiger partial charge in [-0.15, -0.1) is 0 Å². The molecule has 8 nitrogen and oxygen atoms in total. The van der Waals surface area contributed by atoms with Crippen molar-refractivity contribution in [1.82, 2.24) is 10.2 Å². The van der Waals surface area contributed by atoms with Gasteiger partial charge in [-0.05, 0) is 48.7 Å². The molecule has 180 valence electrons. The van der Waals surface area contributed by atoms with Gasteiger partial charge in [-0.1, -0.05) is 18.2 Å². The normalized spacial score (nSPS) is 17.5. The van der Waals surface area contributed by atoms with Gasteiger partial charge in [0.05, 0.1) is 19.3 Å². The second-order valence-electron chi connectivity index (χ2n) is 8.53. The molecule has 2 fully saturated rings. The Morgan fingerprint density at radius 1 is 1.06 bits per heavy atom. The lowest BCUT2D eigenvalue weighted by atomic mass is 10.0. The van der Waals surface area contributed by atoms with Crippen molar-refractivity contribution < 1.29 is 23.5 Å². The van der Waals surface area contributed by atoms with E-state index >= 15 is 0 Å². The number of carbonyl (C=O) groups excluding carboxylic acids is 3. The van der Waals surface area contributed by atoms with E-state index in [1.165, 1.54) is 12.1 Å². The van der Waals surface area contributed by atoms with E-state index in [0.29, 0.717) is 45.0 Å². The summed E-state index contributed by atoms with van der Waals surface area (Å²) in [5.41, 5.74) is 2.96. The summed E-state index contributed by atoms with van der Waals surface area (Å²) in [6, 6.07) is 11.2. The summed E-state index contributed by atoms with van der Waals surface area (Å²) in [6.07, 6.45) is 1.31. The van der Waals surface area contributed by atoms with E-state index in [1.54, 1.807) is 29.2 Å². The third kappa shape index (κ3) is 5.60. The van der Waals surface area contributed by atoms with E-state index in [0.717, 1.165) is 23.2 Å². The zero-order valence-electron chi connectivity index (χ0n) is 19.2. The molecule has 34 heavy (non-hydrogen) atoms. The summed E-state index contributed by atoms with van der Waals surface area (Å²) in [4.78, 5) is 41.1. The summed E-state index contributed by atoms with van der Waals surface area (Å²) in [6.45, 7) is 5.23. The molecule has 1 unspecified atom stereocenters. The molecule has 2 aliphatic rings. The third-order valence-corrected chi connectivity index (χ3v) is 6.23. The van der Waals surface area contributed by atoms with Crippen LogP contribution in [0.2, 0.25) is 0 Å². The first-order valence-corrected chi connectivity index (χ1v) is 11.5. The average molecular weight is 469 g/mol. The largest absolute Gasteiger partial charge is 0.379 e. The van der Waals surface area contributed by atoms with E-state index in [-0.39, 0.29) is 24.3 Å². The Morgan fingerprint density at radius 3 is 2.47 bits per heavy atom. The second kappa shape index (κ2) is 10.8. The van der Waals surface area contributed by atoms with E-state index < -0.39 is 11.8 Å². The molecule has 2 aromatic rings. The SMILES string of the molecule is Cc1ccc(NC(=O)C(=O)NCC(c2ccc(F)cc2)N2CCOCC2)cc1N1CCCC1=O. The highest BCUT2D eigenvalue weighted by molar-refractivity contribution is 6.39. The average Bonchev–Trinajstić information content (AvgIpc) is 3.27. The number of rotatable bonds is 6. The summed E-state index contributed by atoms with van der Waals surface area (Å²) < 4.78 is 18.8. The first-order valence-electron chi connectivity index (χ1n) is 11.5. The standard InChI is InChI=1S/C25H29FN4O4/c1-17-4-9-20(15-21(17)30-10-2-3-23(30)31)28-25(33)24(32)27-16-22(29-11-13-34-14-12-29)18-5-7-19(26)8-6-18/h4-9,15,22H,2-3,10-14,16H2,1H3,(H,27,32)(H,28,33). The molecule has 0 aromatic heterocycles. The molecule has 0 spiro atoms. The van der Waals surface area contributed by atoms with Gasteiger partial charge in [0.1, 0.15) is 5.82 Å². The Hall–Kier alpha value is -3.30. The number of nitrogens with one attached hydrogen (secondary N) is 2. The fourth-order valence-electron chi connectivity index (χ4n) is 4.37. The van der Waals surface area contributed by atoms with Gasteiger partial charge in [0.2, 0.25) is 5.91 Å². The smallest absolute Gasteiger partial charge is 0.313 e. The Morgan fingerprint density at radius 2 is 1.79 bits per heavy atom. The van der Waals surface area contributed by atoms with Crippen LogP contribution >= 0.6 is 0 Å². The highest BCUT2D eigenvalue weighted by Gasteiger charge is 2.26. The molecule has 2 aliphatic heterocycles. The molecule has 2 aromatic carbocycles. The molecule has 0 aliphatic carbocycles. The van der Waals surface area contributed by atoms with Gasteiger partial charge in [0.25, 0.3) is 0 Å². The van der Waals surface area contributed by atoms with Crippen molar-refractivity contribution in [3.63, 3.8) is 0 Å². The van der Waals surface area contributed by atoms with Gasteiger partial charge < -0.3 is 20.3 Å². The fraction of sp³-hybridized carbons (Fsp3) is 0.400. The van der Waals surface area contributed by atoms with Crippen LogP contribution in [0.25, 0.3) is 0 Å².